The van der Waals surface area contributed by atoms with Gasteiger partial charge in [0.1, 0.15) is 18.2 Å². The Morgan fingerprint density at radius 2 is 1.90 bits per heavy atom. The Labute approximate surface area is 178 Å². The van der Waals surface area contributed by atoms with Gasteiger partial charge in [-0.15, -0.1) is 0 Å². The molecular weight excluding hydrogens is 374 g/mol. The number of fused-ring (bicyclic) bond motifs is 1. The highest BCUT2D eigenvalue weighted by Gasteiger charge is 2.10. The van der Waals surface area contributed by atoms with E-state index >= 15 is 0 Å². The number of hydrogen-bond acceptors (Lipinski definition) is 3. The second-order valence-corrected chi connectivity index (χ2v) is 7.65. The predicted molar refractivity (Wildman–Crippen MR) is 122 cm³/mol. The lowest BCUT2D eigenvalue weighted by Crippen LogP contribution is -2.21. The minimum absolute atomic E-state index is 0.111. The van der Waals surface area contributed by atoms with Gasteiger partial charge in [0, 0.05) is 13.0 Å². The Morgan fingerprint density at radius 3 is 2.67 bits per heavy atom. The second kappa shape index (κ2) is 10.6. The van der Waals surface area contributed by atoms with E-state index in [0.29, 0.717) is 13.2 Å². The molecular formula is C25H31N3O2. The molecule has 1 heterocycles. The number of hydrogen-bond donors (Lipinski definition) is 1. The summed E-state index contributed by atoms with van der Waals surface area (Å²) < 4.78 is 8.31. The van der Waals surface area contributed by atoms with Gasteiger partial charge < -0.3 is 14.6 Å². The molecule has 5 nitrogen and oxygen atoms in total. The van der Waals surface area contributed by atoms with Crippen molar-refractivity contribution in [1.82, 2.24) is 14.9 Å². The van der Waals surface area contributed by atoms with Gasteiger partial charge in [-0.3, -0.25) is 4.79 Å². The highest BCUT2D eigenvalue weighted by Crippen LogP contribution is 2.19. The Bertz CT molecular complexity index is 987. The van der Waals surface area contributed by atoms with E-state index in [4.69, 9.17) is 9.72 Å². The summed E-state index contributed by atoms with van der Waals surface area (Å²) in [6, 6.07) is 14.6. The van der Waals surface area contributed by atoms with Crippen LogP contribution in [0.5, 0.6) is 5.75 Å². The maximum Gasteiger partial charge on any atom is 0.243 e. The molecule has 0 saturated carbocycles. The Kier molecular flexibility index (Phi) is 7.66. The van der Waals surface area contributed by atoms with E-state index in [1.165, 1.54) is 17.2 Å². The molecule has 30 heavy (non-hydrogen) atoms. The zero-order valence-electron chi connectivity index (χ0n) is 18.0. The van der Waals surface area contributed by atoms with Crippen molar-refractivity contribution in [3.63, 3.8) is 0 Å². The van der Waals surface area contributed by atoms with Gasteiger partial charge >= 0.3 is 0 Å². The number of benzene rings is 2. The van der Waals surface area contributed by atoms with Crippen molar-refractivity contribution in [2.75, 3.05) is 13.2 Å². The quantitative estimate of drug-likeness (QED) is 0.370. The van der Waals surface area contributed by atoms with E-state index in [1.54, 1.807) is 0 Å². The van der Waals surface area contributed by atoms with Gasteiger partial charge in [0.15, 0.2) is 0 Å². The second-order valence-electron chi connectivity index (χ2n) is 7.65. The summed E-state index contributed by atoms with van der Waals surface area (Å²) in [5.41, 5.74) is 4.60. The number of ether oxygens (including phenoxy) is 1. The van der Waals surface area contributed by atoms with Crippen LogP contribution in [0.15, 0.2) is 55.1 Å². The highest BCUT2D eigenvalue weighted by molar-refractivity contribution is 5.86. The third-order valence-corrected chi connectivity index (χ3v) is 5.07. The van der Waals surface area contributed by atoms with Gasteiger partial charge in [0.05, 0.1) is 17.6 Å². The number of para-hydroxylation sites is 2. The molecule has 1 aromatic heterocycles. The first-order valence-electron chi connectivity index (χ1n) is 10.6. The normalized spacial score (nSPS) is 10.9. The average molecular weight is 406 g/mol. The molecule has 3 aromatic rings. The first kappa shape index (κ1) is 21.6. The summed E-state index contributed by atoms with van der Waals surface area (Å²) in [6.07, 6.45) is 5.25. The fourth-order valence-electron chi connectivity index (χ4n) is 3.71. The van der Waals surface area contributed by atoms with Crippen LogP contribution in [0.1, 0.15) is 36.2 Å². The molecule has 0 bridgehead atoms. The monoisotopic (exact) mass is 405 g/mol. The van der Waals surface area contributed by atoms with Crippen molar-refractivity contribution in [3.05, 3.63) is 72.1 Å². The molecule has 3 rings (SSSR count). The number of imidazole rings is 1. The van der Waals surface area contributed by atoms with Gasteiger partial charge in [-0.05, 0) is 68.2 Å². The predicted octanol–water partition coefficient (Wildman–Crippen LogP) is 4.75. The minimum atomic E-state index is -0.111. The van der Waals surface area contributed by atoms with Crippen molar-refractivity contribution in [3.8, 4) is 5.75 Å². The van der Waals surface area contributed by atoms with Gasteiger partial charge in [-0.25, -0.2) is 4.98 Å². The van der Waals surface area contributed by atoms with Crippen LogP contribution in [0, 0.1) is 13.8 Å². The van der Waals surface area contributed by atoms with Gasteiger partial charge in [0.2, 0.25) is 5.91 Å². The van der Waals surface area contributed by atoms with E-state index in [9.17, 15) is 4.79 Å². The van der Waals surface area contributed by atoms with Crippen molar-refractivity contribution in [2.24, 2.45) is 0 Å². The molecule has 0 spiro atoms. The first-order chi connectivity index (χ1) is 14.6. The van der Waals surface area contributed by atoms with Crippen molar-refractivity contribution in [2.45, 2.75) is 46.1 Å². The zero-order valence-corrected chi connectivity index (χ0v) is 18.0. The average Bonchev–Trinajstić information content (AvgIpc) is 3.07. The SMILES string of the molecule is C=CC(=O)NCCCCCc1nc2ccccc2n1CCOc1cc(C)cc(C)c1. The van der Waals surface area contributed by atoms with Crippen LogP contribution in [-0.4, -0.2) is 28.6 Å². The van der Waals surface area contributed by atoms with E-state index in [-0.39, 0.29) is 5.91 Å². The van der Waals surface area contributed by atoms with Crippen LogP contribution in [0.3, 0.4) is 0 Å². The minimum Gasteiger partial charge on any atom is -0.492 e. The number of nitrogens with zero attached hydrogens (tertiary/aromatic N) is 2. The molecule has 5 heteroatoms. The van der Waals surface area contributed by atoms with Crippen LogP contribution in [0.25, 0.3) is 11.0 Å². The number of carbonyl (C=O) groups is 1. The zero-order chi connectivity index (χ0) is 21.3. The van der Waals surface area contributed by atoms with E-state index in [0.717, 1.165) is 54.8 Å². The summed E-state index contributed by atoms with van der Waals surface area (Å²) in [7, 11) is 0. The van der Waals surface area contributed by atoms with E-state index in [2.05, 4.69) is 66.7 Å². The van der Waals surface area contributed by atoms with Crippen LogP contribution >= 0.6 is 0 Å². The van der Waals surface area contributed by atoms with Gasteiger partial charge in [-0.2, -0.15) is 0 Å². The van der Waals surface area contributed by atoms with Gasteiger partial charge in [-0.1, -0.05) is 31.2 Å². The molecule has 0 fully saturated rings. The fourth-order valence-corrected chi connectivity index (χ4v) is 3.71. The van der Waals surface area contributed by atoms with Crippen LogP contribution in [-0.2, 0) is 17.8 Å². The number of rotatable bonds is 11. The summed E-state index contributed by atoms with van der Waals surface area (Å²) in [5, 5.41) is 2.82. The maximum absolute atomic E-state index is 11.2. The first-order valence-corrected chi connectivity index (χ1v) is 10.6. The van der Waals surface area contributed by atoms with E-state index < -0.39 is 0 Å². The highest BCUT2D eigenvalue weighted by atomic mass is 16.5. The third-order valence-electron chi connectivity index (χ3n) is 5.07. The molecule has 158 valence electrons. The molecule has 1 amide bonds. The summed E-state index contributed by atoms with van der Waals surface area (Å²) in [6.45, 7) is 9.69. The van der Waals surface area contributed by atoms with Crippen LogP contribution in [0.4, 0.5) is 0 Å². The van der Waals surface area contributed by atoms with Gasteiger partial charge in [0.25, 0.3) is 0 Å². The molecule has 0 radical (unpaired) electrons. The number of amides is 1. The van der Waals surface area contributed by atoms with Crippen LogP contribution < -0.4 is 10.1 Å². The number of nitrogens with one attached hydrogen (secondary N) is 1. The topological polar surface area (TPSA) is 56.2 Å². The largest absolute Gasteiger partial charge is 0.492 e. The molecule has 0 unspecified atom stereocenters. The summed E-state index contributed by atoms with van der Waals surface area (Å²) in [4.78, 5) is 16.0. The van der Waals surface area contributed by atoms with Crippen molar-refractivity contribution >= 4 is 16.9 Å². The number of aromatic nitrogens is 2. The fraction of sp³-hybridized carbons (Fsp3) is 0.360. The molecule has 0 saturated heterocycles. The molecule has 2 aromatic carbocycles. The third kappa shape index (κ3) is 5.96. The smallest absolute Gasteiger partial charge is 0.243 e. The maximum atomic E-state index is 11.2. The van der Waals surface area contributed by atoms with Crippen molar-refractivity contribution < 1.29 is 9.53 Å². The number of aryl methyl sites for hydroxylation is 3. The Morgan fingerprint density at radius 1 is 1.13 bits per heavy atom. The Hall–Kier alpha value is -3.08. The Balaban J connectivity index is 1.58. The van der Waals surface area contributed by atoms with Crippen molar-refractivity contribution in [1.29, 1.82) is 0 Å². The summed E-state index contributed by atoms with van der Waals surface area (Å²) in [5.74, 6) is 1.90. The molecule has 0 atom stereocenters. The summed E-state index contributed by atoms with van der Waals surface area (Å²) >= 11 is 0. The number of unbranched alkanes of at least 4 members (excludes halogenated alkanes) is 2. The lowest BCUT2D eigenvalue weighted by Gasteiger charge is -2.12. The van der Waals surface area contributed by atoms with Crippen LogP contribution in [0.2, 0.25) is 0 Å². The lowest BCUT2D eigenvalue weighted by atomic mass is 10.1. The molecule has 1 N–H and O–H groups in total. The standard InChI is InChI=1S/C25H31N3O2/c1-4-25(29)26-13-9-5-6-12-24-27-22-10-7-8-11-23(22)28(24)14-15-30-21-17-19(2)16-20(3)18-21/h4,7-8,10-11,16-18H,1,5-6,9,12-15H2,2-3H3,(H,26,29). The lowest BCUT2D eigenvalue weighted by molar-refractivity contribution is -0.116. The number of carbonyl (C=O) groups excluding carboxylic acids is 1. The molecule has 0 aliphatic rings. The molecule has 0 aliphatic heterocycles. The van der Waals surface area contributed by atoms with E-state index in [1.807, 2.05) is 6.07 Å². The molecule has 0 aliphatic carbocycles.